The van der Waals surface area contributed by atoms with Gasteiger partial charge in [0, 0.05) is 18.0 Å². The Balaban J connectivity index is 1.40. The van der Waals surface area contributed by atoms with Crippen LogP contribution in [0.4, 0.5) is 4.79 Å². The van der Waals surface area contributed by atoms with Crippen molar-refractivity contribution in [2.24, 2.45) is 0 Å². The number of nitrogens with zero attached hydrogens (tertiary/aromatic N) is 2. The molecule has 1 aromatic carbocycles. The number of benzene rings is 1. The van der Waals surface area contributed by atoms with Gasteiger partial charge in [-0.1, -0.05) is 51.2 Å². The fourth-order valence-electron chi connectivity index (χ4n) is 2.97. The fourth-order valence-corrected chi connectivity index (χ4v) is 2.97. The van der Waals surface area contributed by atoms with Crippen molar-refractivity contribution in [3.63, 3.8) is 0 Å². The van der Waals surface area contributed by atoms with Gasteiger partial charge in [0.1, 0.15) is 19.0 Å². The number of cyclic esters (lactones) is 2. The standard InChI is InChI=1S/C22H28N2O5/c1-2-3-4-5-6-7-12-26-21-23-13-18(14-24-21)17-8-10-19(11-9-17)27-15-20-16-28-22(25)29-20/h8-11,13-14,20H,2-7,12,15-16H2,1H3. The van der Waals surface area contributed by atoms with Crippen molar-refractivity contribution in [1.82, 2.24) is 9.97 Å². The number of carbonyl (C=O) groups is 1. The summed E-state index contributed by atoms with van der Waals surface area (Å²) in [6, 6.07) is 7.99. The molecule has 3 rings (SSSR count). The van der Waals surface area contributed by atoms with E-state index in [1.807, 2.05) is 24.3 Å². The van der Waals surface area contributed by atoms with Crippen molar-refractivity contribution in [2.75, 3.05) is 19.8 Å². The Morgan fingerprint density at radius 2 is 1.69 bits per heavy atom. The van der Waals surface area contributed by atoms with Gasteiger partial charge >= 0.3 is 12.2 Å². The minimum Gasteiger partial charge on any atom is -0.490 e. The van der Waals surface area contributed by atoms with Gasteiger partial charge in [0.15, 0.2) is 6.10 Å². The second kappa shape index (κ2) is 11.2. The van der Waals surface area contributed by atoms with Crippen molar-refractivity contribution in [3.8, 4) is 22.9 Å². The quantitative estimate of drug-likeness (QED) is 0.374. The van der Waals surface area contributed by atoms with Crippen LogP contribution >= 0.6 is 0 Å². The van der Waals surface area contributed by atoms with E-state index in [-0.39, 0.29) is 19.3 Å². The summed E-state index contributed by atoms with van der Waals surface area (Å²) in [4.78, 5) is 19.5. The van der Waals surface area contributed by atoms with Crippen LogP contribution < -0.4 is 9.47 Å². The summed E-state index contributed by atoms with van der Waals surface area (Å²) in [5.41, 5.74) is 1.89. The van der Waals surface area contributed by atoms with E-state index in [4.69, 9.17) is 18.9 Å². The van der Waals surface area contributed by atoms with Crippen molar-refractivity contribution in [2.45, 2.75) is 51.6 Å². The maximum absolute atomic E-state index is 10.9. The van der Waals surface area contributed by atoms with Crippen LogP contribution in [0.1, 0.15) is 45.4 Å². The van der Waals surface area contributed by atoms with Crippen LogP contribution in [-0.4, -0.2) is 42.0 Å². The van der Waals surface area contributed by atoms with E-state index in [1.165, 1.54) is 32.1 Å². The predicted molar refractivity (Wildman–Crippen MR) is 108 cm³/mol. The molecule has 7 nitrogen and oxygen atoms in total. The van der Waals surface area contributed by atoms with Crippen LogP contribution in [0.2, 0.25) is 0 Å². The van der Waals surface area contributed by atoms with E-state index in [0.29, 0.717) is 18.4 Å². The summed E-state index contributed by atoms with van der Waals surface area (Å²) >= 11 is 0. The lowest BCUT2D eigenvalue weighted by Crippen LogP contribution is -2.19. The minimum atomic E-state index is -0.645. The number of hydrogen-bond donors (Lipinski definition) is 0. The van der Waals surface area contributed by atoms with Crippen LogP contribution in [0.25, 0.3) is 11.1 Å². The van der Waals surface area contributed by atoms with E-state index in [2.05, 4.69) is 16.9 Å². The second-order valence-corrected chi connectivity index (χ2v) is 7.01. The molecule has 1 aliphatic heterocycles. The highest BCUT2D eigenvalue weighted by molar-refractivity contribution is 5.62. The second-order valence-electron chi connectivity index (χ2n) is 7.01. The van der Waals surface area contributed by atoms with Crippen LogP contribution in [0.5, 0.6) is 11.8 Å². The minimum absolute atomic E-state index is 0.224. The zero-order chi connectivity index (χ0) is 20.3. The lowest BCUT2D eigenvalue weighted by molar-refractivity contribution is 0.0983. The highest BCUT2D eigenvalue weighted by Gasteiger charge is 2.25. The van der Waals surface area contributed by atoms with Gasteiger partial charge in [-0.05, 0) is 24.1 Å². The number of hydrogen-bond acceptors (Lipinski definition) is 7. The van der Waals surface area contributed by atoms with Crippen LogP contribution in [0.15, 0.2) is 36.7 Å². The number of carbonyl (C=O) groups excluding carboxylic acids is 1. The molecule has 156 valence electrons. The summed E-state index contributed by atoms with van der Waals surface area (Å²) in [7, 11) is 0. The van der Waals surface area contributed by atoms with Crippen LogP contribution in [-0.2, 0) is 9.47 Å². The Bertz CT molecular complexity index is 749. The number of aromatic nitrogens is 2. The zero-order valence-corrected chi connectivity index (χ0v) is 16.8. The Hall–Kier alpha value is -2.83. The third kappa shape index (κ3) is 6.93. The third-order valence-corrected chi connectivity index (χ3v) is 4.63. The lowest BCUT2D eigenvalue weighted by Gasteiger charge is -2.10. The maximum Gasteiger partial charge on any atom is 0.508 e. The first-order valence-electron chi connectivity index (χ1n) is 10.3. The Morgan fingerprint density at radius 3 is 2.38 bits per heavy atom. The molecule has 0 amide bonds. The summed E-state index contributed by atoms with van der Waals surface area (Å²) < 4.78 is 20.9. The lowest BCUT2D eigenvalue weighted by atomic mass is 10.1. The smallest absolute Gasteiger partial charge is 0.490 e. The normalized spacial score (nSPS) is 15.6. The van der Waals surface area contributed by atoms with Gasteiger partial charge in [-0.15, -0.1) is 0 Å². The van der Waals surface area contributed by atoms with Crippen LogP contribution in [0.3, 0.4) is 0 Å². The molecule has 1 fully saturated rings. The fraction of sp³-hybridized carbons (Fsp3) is 0.500. The van der Waals surface area contributed by atoms with Gasteiger partial charge in [0.05, 0.1) is 6.61 Å². The van der Waals surface area contributed by atoms with Crippen LogP contribution in [0, 0.1) is 0 Å². The number of rotatable bonds is 12. The van der Waals surface area contributed by atoms with E-state index in [1.54, 1.807) is 12.4 Å². The third-order valence-electron chi connectivity index (χ3n) is 4.63. The Labute approximate surface area is 171 Å². The Kier molecular flexibility index (Phi) is 8.10. The van der Waals surface area contributed by atoms with Gasteiger partial charge < -0.3 is 18.9 Å². The zero-order valence-electron chi connectivity index (χ0n) is 16.8. The van der Waals surface area contributed by atoms with Crippen molar-refractivity contribution in [3.05, 3.63) is 36.7 Å². The molecule has 1 aliphatic rings. The van der Waals surface area contributed by atoms with Gasteiger partial charge in [-0.2, -0.15) is 0 Å². The monoisotopic (exact) mass is 400 g/mol. The molecule has 29 heavy (non-hydrogen) atoms. The largest absolute Gasteiger partial charge is 0.508 e. The molecule has 7 heteroatoms. The van der Waals surface area contributed by atoms with Crippen molar-refractivity contribution >= 4 is 6.16 Å². The van der Waals surface area contributed by atoms with Crippen molar-refractivity contribution in [1.29, 1.82) is 0 Å². The molecule has 0 spiro atoms. The first kappa shape index (κ1) is 20.9. The van der Waals surface area contributed by atoms with Gasteiger partial charge in [0.2, 0.25) is 0 Å². The van der Waals surface area contributed by atoms with E-state index in [9.17, 15) is 4.79 Å². The molecule has 1 atom stereocenters. The highest BCUT2D eigenvalue weighted by atomic mass is 16.8. The molecule has 0 aliphatic carbocycles. The molecule has 1 aromatic heterocycles. The molecule has 2 heterocycles. The SMILES string of the molecule is CCCCCCCCOc1ncc(-c2ccc(OCC3COC(=O)O3)cc2)cn1. The molecule has 0 N–H and O–H groups in total. The summed E-state index contributed by atoms with van der Waals surface area (Å²) in [5, 5.41) is 0. The molecule has 2 aromatic rings. The molecular weight excluding hydrogens is 372 g/mol. The molecule has 1 saturated heterocycles. The summed E-state index contributed by atoms with van der Waals surface area (Å²) in [6.45, 7) is 3.36. The van der Waals surface area contributed by atoms with E-state index in [0.717, 1.165) is 17.5 Å². The van der Waals surface area contributed by atoms with Gasteiger partial charge in [-0.3, -0.25) is 0 Å². The van der Waals surface area contributed by atoms with Crippen molar-refractivity contribution < 1.29 is 23.7 Å². The number of ether oxygens (including phenoxy) is 4. The predicted octanol–water partition coefficient (Wildman–Crippen LogP) is 4.80. The molecule has 0 saturated carbocycles. The van der Waals surface area contributed by atoms with E-state index < -0.39 is 6.16 Å². The summed E-state index contributed by atoms with van der Waals surface area (Å²) in [6.07, 6.45) is 9.86. The molecule has 0 radical (unpaired) electrons. The first-order chi connectivity index (χ1) is 14.2. The maximum atomic E-state index is 10.9. The molecule has 1 unspecified atom stereocenters. The van der Waals surface area contributed by atoms with Gasteiger partial charge in [0.25, 0.3) is 0 Å². The topological polar surface area (TPSA) is 79.8 Å². The number of unbranched alkanes of at least 4 members (excludes halogenated alkanes) is 5. The first-order valence-corrected chi connectivity index (χ1v) is 10.3. The molecular formula is C22H28N2O5. The van der Waals surface area contributed by atoms with Gasteiger partial charge in [-0.25, -0.2) is 14.8 Å². The van der Waals surface area contributed by atoms with E-state index >= 15 is 0 Å². The highest BCUT2D eigenvalue weighted by Crippen LogP contribution is 2.22. The average molecular weight is 400 g/mol. The summed E-state index contributed by atoms with van der Waals surface area (Å²) in [5.74, 6) is 0.691. The average Bonchev–Trinajstić information content (AvgIpc) is 3.18. The molecule has 0 bridgehead atoms. The Morgan fingerprint density at radius 1 is 0.966 bits per heavy atom.